The van der Waals surface area contributed by atoms with Crippen LogP contribution < -0.4 is 10.2 Å². The van der Waals surface area contributed by atoms with Gasteiger partial charge in [-0.3, -0.25) is 14.8 Å². The van der Waals surface area contributed by atoms with Gasteiger partial charge in [0.05, 0.1) is 23.6 Å². The predicted octanol–water partition coefficient (Wildman–Crippen LogP) is 2.40. The number of aryl methyl sites for hydroxylation is 4. The van der Waals surface area contributed by atoms with Crippen LogP contribution in [-0.4, -0.2) is 53.7 Å². The maximum Gasteiger partial charge on any atom is 0.238 e. The Balaban J connectivity index is 1.51. The van der Waals surface area contributed by atoms with Crippen LogP contribution in [0.25, 0.3) is 0 Å². The van der Waals surface area contributed by atoms with Gasteiger partial charge in [-0.1, -0.05) is 6.07 Å². The van der Waals surface area contributed by atoms with Gasteiger partial charge in [0.1, 0.15) is 0 Å². The summed E-state index contributed by atoms with van der Waals surface area (Å²) in [5.41, 5.74) is 6.66. The van der Waals surface area contributed by atoms with E-state index in [4.69, 9.17) is 0 Å². The first-order valence-electron chi connectivity index (χ1n) is 8.80. The summed E-state index contributed by atoms with van der Waals surface area (Å²) in [6.45, 7) is 12.2. The van der Waals surface area contributed by atoms with E-state index in [1.165, 1.54) is 16.8 Å². The molecule has 0 aliphatic carbocycles. The van der Waals surface area contributed by atoms with Gasteiger partial charge in [0.25, 0.3) is 0 Å². The van der Waals surface area contributed by atoms with E-state index in [9.17, 15) is 4.79 Å². The molecule has 6 nitrogen and oxygen atoms in total. The molecule has 134 valence electrons. The van der Waals surface area contributed by atoms with Crippen LogP contribution in [-0.2, 0) is 4.79 Å². The van der Waals surface area contributed by atoms with Crippen LogP contribution in [0.3, 0.4) is 0 Å². The number of aromatic nitrogens is 2. The average Bonchev–Trinajstić information content (AvgIpc) is 2.91. The Bertz CT molecular complexity index is 740. The van der Waals surface area contributed by atoms with Crippen molar-refractivity contribution < 1.29 is 4.79 Å². The minimum Gasteiger partial charge on any atom is -0.366 e. The summed E-state index contributed by atoms with van der Waals surface area (Å²) in [4.78, 5) is 16.9. The molecular formula is C19H27N5O. The van der Waals surface area contributed by atoms with Crippen molar-refractivity contribution in [2.75, 3.05) is 42.9 Å². The number of benzene rings is 1. The van der Waals surface area contributed by atoms with Gasteiger partial charge in [-0.15, -0.1) is 0 Å². The first kappa shape index (κ1) is 17.5. The number of nitrogens with one attached hydrogen (secondary N) is 2. The first-order chi connectivity index (χ1) is 11.9. The third-order valence-electron chi connectivity index (χ3n) is 4.94. The number of H-pyrrole nitrogens is 1. The standard InChI is InChI=1S/C19H27N5O/c1-13-5-6-17(11-14(13)2)20-18(25)12-23-7-9-24(10-8-23)19-15(3)21-22-16(19)4/h5-6,11H,7-10,12H2,1-4H3,(H,20,25)(H,21,22). The monoisotopic (exact) mass is 341 g/mol. The topological polar surface area (TPSA) is 64.3 Å². The number of rotatable bonds is 4. The van der Waals surface area contributed by atoms with Gasteiger partial charge in [0.15, 0.2) is 0 Å². The van der Waals surface area contributed by atoms with E-state index in [1.807, 2.05) is 25.1 Å². The van der Waals surface area contributed by atoms with E-state index in [0.717, 1.165) is 43.3 Å². The largest absolute Gasteiger partial charge is 0.366 e. The highest BCUT2D eigenvalue weighted by molar-refractivity contribution is 5.92. The number of anilines is 2. The van der Waals surface area contributed by atoms with Crippen molar-refractivity contribution in [3.8, 4) is 0 Å². The zero-order valence-electron chi connectivity index (χ0n) is 15.5. The van der Waals surface area contributed by atoms with E-state index < -0.39 is 0 Å². The Labute approximate surface area is 149 Å². The Morgan fingerprint density at radius 1 is 1.12 bits per heavy atom. The second kappa shape index (κ2) is 7.27. The summed E-state index contributed by atoms with van der Waals surface area (Å²) < 4.78 is 0. The molecular weight excluding hydrogens is 314 g/mol. The molecule has 1 aromatic heterocycles. The molecule has 1 aliphatic rings. The van der Waals surface area contributed by atoms with Crippen molar-refractivity contribution in [1.82, 2.24) is 15.1 Å². The molecule has 2 N–H and O–H groups in total. The fourth-order valence-corrected chi connectivity index (χ4v) is 3.36. The summed E-state index contributed by atoms with van der Waals surface area (Å²) in [5, 5.41) is 10.3. The fraction of sp³-hybridized carbons (Fsp3) is 0.474. The highest BCUT2D eigenvalue weighted by Gasteiger charge is 2.22. The first-order valence-corrected chi connectivity index (χ1v) is 8.80. The Kier molecular flexibility index (Phi) is 5.08. The van der Waals surface area contributed by atoms with E-state index in [0.29, 0.717) is 6.54 Å². The normalized spacial score (nSPS) is 15.4. The van der Waals surface area contributed by atoms with Crippen LogP contribution in [0, 0.1) is 27.7 Å². The van der Waals surface area contributed by atoms with Gasteiger partial charge in [0.2, 0.25) is 5.91 Å². The number of aromatic amines is 1. The second-order valence-electron chi connectivity index (χ2n) is 6.89. The molecule has 0 unspecified atom stereocenters. The highest BCUT2D eigenvalue weighted by atomic mass is 16.2. The molecule has 0 saturated carbocycles. The predicted molar refractivity (Wildman–Crippen MR) is 101 cm³/mol. The molecule has 0 spiro atoms. The lowest BCUT2D eigenvalue weighted by Gasteiger charge is -2.35. The van der Waals surface area contributed by atoms with Gasteiger partial charge in [0, 0.05) is 31.9 Å². The lowest BCUT2D eigenvalue weighted by atomic mass is 10.1. The van der Waals surface area contributed by atoms with Crippen LogP contribution in [0.5, 0.6) is 0 Å². The number of carbonyl (C=O) groups excluding carboxylic acids is 1. The van der Waals surface area contributed by atoms with E-state index in [2.05, 4.69) is 46.1 Å². The number of hydrogen-bond donors (Lipinski definition) is 2. The lowest BCUT2D eigenvalue weighted by Crippen LogP contribution is -2.49. The van der Waals surface area contributed by atoms with Gasteiger partial charge < -0.3 is 10.2 Å². The smallest absolute Gasteiger partial charge is 0.238 e. The zero-order chi connectivity index (χ0) is 18.0. The number of piperazine rings is 1. The number of hydrogen-bond acceptors (Lipinski definition) is 4. The lowest BCUT2D eigenvalue weighted by molar-refractivity contribution is -0.117. The number of amides is 1. The van der Waals surface area contributed by atoms with Gasteiger partial charge in [-0.25, -0.2) is 0 Å². The molecule has 1 saturated heterocycles. The summed E-state index contributed by atoms with van der Waals surface area (Å²) in [6.07, 6.45) is 0. The van der Waals surface area contributed by atoms with Crippen molar-refractivity contribution in [3.63, 3.8) is 0 Å². The zero-order valence-corrected chi connectivity index (χ0v) is 15.5. The van der Waals surface area contributed by atoms with Crippen LogP contribution in [0.2, 0.25) is 0 Å². The number of carbonyl (C=O) groups is 1. The van der Waals surface area contributed by atoms with E-state index >= 15 is 0 Å². The second-order valence-corrected chi connectivity index (χ2v) is 6.89. The van der Waals surface area contributed by atoms with E-state index in [1.54, 1.807) is 0 Å². The Morgan fingerprint density at radius 3 is 2.44 bits per heavy atom. The summed E-state index contributed by atoms with van der Waals surface area (Å²) in [7, 11) is 0. The molecule has 1 aromatic carbocycles. The maximum absolute atomic E-state index is 12.3. The quantitative estimate of drug-likeness (QED) is 0.896. The van der Waals surface area contributed by atoms with Gasteiger partial charge in [-0.05, 0) is 51.0 Å². The Hall–Kier alpha value is -2.34. The molecule has 2 heterocycles. The summed E-state index contributed by atoms with van der Waals surface area (Å²) in [6, 6.07) is 6.03. The van der Waals surface area contributed by atoms with Gasteiger partial charge >= 0.3 is 0 Å². The van der Waals surface area contributed by atoms with Crippen molar-refractivity contribution in [2.45, 2.75) is 27.7 Å². The third-order valence-corrected chi connectivity index (χ3v) is 4.94. The fourth-order valence-electron chi connectivity index (χ4n) is 3.36. The van der Waals surface area contributed by atoms with Crippen LogP contribution in [0.15, 0.2) is 18.2 Å². The van der Waals surface area contributed by atoms with E-state index in [-0.39, 0.29) is 5.91 Å². The van der Waals surface area contributed by atoms with Crippen molar-refractivity contribution in [2.24, 2.45) is 0 Å². The van der Waals surface area contributed by atoms with Crippen LogP contribution in [0.4, 0.5) is 11.4 Å². The molecule has 0 radical (unpaired) electrons. The number of nitrogens with zero attached hydrogens (tertiary/aromatic N) is 3. The SMILES string of the molecule is Cc1ccc(NC(=O)CN2CCN(c3c(C)n[nH]c3C)CC2)cc1C. The maximum atomic E-state index is 12.3. The van der Waals surface area contributed by atoms with Crippen molar-refractivity contribution >= 4 is 17.3 Å². The minimum atomic E-state index is 0.0485. The highest BCUT2D eigenvalue weighted by Crippen LogP contribution is 2.23. The minimum absolute atomic E-state index is 0.0485. The molecule has 2 aromatic rings. The molecule has 0 bridgehead atoms. The molecule has 0 atom stereocenters. The molecule has 1 fully saturated rings. The van der Waals surface area contributed by atoms with Crippen molar-refractivity contribution in [3.05, 3.63) is 40.7 Å². The molecule has 1 amide bonds. The van der Waals surface area contributed by atoms with Crippen LogP contribution in [0.1, 0.15) is 22.5 Å². The molecule has 3 rings (SSSR count). The summed E-state index contributed by atoms with van der Waals surface area (Å²) in [5.74, 6) is 0.0485. The molecule has 1 aliphatic heterocycles. The Morgan fingerprint density at radius 2 is 1.84 bits per heavy atom. The van der Waals surface area contributed by atoms with Gasteiger partial charge in [-0.2, -0.15) is 5.10 Å². The van der Waals surface area contributed by atoms with Crippen LogP contribution >= 0.6 is 0 Å². The summed E-state index contributed by atoms with van der Waals surface area (Å²) >= 11 is 0. The third kappa shape index (κ3) is 4.02. The van der Waals surface area contributed by atoms with Crippen molar-refractivity contribution in [1.29, 1.82) is 0 Å². The average molecular weight is 341 g/mol. The molecule has 25 heavy (non-hydrogen) atoms. The molecule has 6 heteroatoms.